The van der Waals surface area contributed by atoms with Crippen molar-refractivity contribution >= 4 is 11.4 Å². The van der Waals surface area contributed by atoms with Crippen LogP contribution in [0.3, 0.4) is 0 Å². The number of anilines is 2. The summed E-state index contributed by atoms with van der Waals surface area (Å²) in [6, 6.07) is 14.7. The molecular weight excluding hydrogens is 252 g/mol. The van der Waals surface area contributed by atoms with E-state index in [0.717, 1.165) is 24.4 Å². The van der Waals surface area contributed by atoms with E-state index in [1.54, 1.807) is 12.1 Å². The standard InChI is InChI=1S/C16H20N2O2/c1-18(14-6-3-7-15(19)12-14)9-4-10-20-16-8-2-5-13(17)11-16/h2-3,5-8,11-12,19H,4,9-10,17H2,1H3. The molecule has 0 aliphatic heterocycles. The minimum Gasteiger partial charge on any atom is -0.508 e. The summed E-state index contributed by atoms with van der Waals surface area (Å²) in [5.41, 5.74) is 7.39. The third-order valence-corrected chi connectivity index (χ3v) is 3.04. The summed E-state index contributed by atoms with van der Waals surface area (Å²) in [5, 5.41) is 9.45. The molecule has 106 valence electrons. The van der Waals surface area contributed by atoms with Gasteiger partial charge in [-0.2, -0.15) is 0 Å². The summed E-state index contributed by atoms with van der Waals surface area (Å²) >= 11 is 0. The first-order valence-electron chi connectivity index (χ1n) is 6.63. The molecule has 0 unspecified atom stereocenters. The molecule has 2 aromatic carbocycles. The van der Waals surface area contributed by atoms with Gasteiger partial charge in [0.1, 0.15) is 11.5 Å². The fraction of sp³-hybridized carbons (Fsp3) is 0.250. The predicted molar refractivity (Wildman–Crippen MR) is 82.3 cm³/mol. The zero-order chi connectivity index (χ0) is 14.4. The van der Waals surface area contributed by atoms with Crippen molar-refractivity contribution in [2.24, 2.45) is 0 Å². The van der Waals surface area contributed by atoms with E-state index in [1.165, 1.54) is 0 Å². The number of nitrogens with zero attached hydrogens (tertiary/aromatic N) is 1. The number of benzene rings is 2. The van der Waals surface area contributed by atoms with Crippen molar-refractivity contribution in [2.45, 2.75) is 6.42 Å². The van der Waals surface area contributed by atoms with E-state index < -0.39 is 0 Å². The van der Waals surface area contributed by atoms with Crippen LogP contribution < -0.4 is 15.4 Å². The predicted octanol–water partition coefficient (Wildman–Crippen LogP) is 2.88. The van der Waals surface area contributed by atoms with Crippen LogP contribution in [0.4, 0.5) is 11.4 Å². The molecule has 0 fully saturated rings. The third kappa shape index (κ3) is 4.09. The van der Waals surface area contributed by atoms with Crippen molar-refractivity contribution in [3.63, 3.8) is 0 Å². The Balaban J connectivity index is 1.76. The molecule has 0 aliphatic carbocycles. The maximum absolute atomic E-state index is 9.45. The van der Waals surface area contributed by atoms with Crippen LogP contribution in [0.1, 0.15) is 6.42 Å². The fourth-order valence-corrected chi connectivity index (χ4v) is 1.96. The van der Waals surface area contributed by atoms with Gasteiger partial charge >= 0.3 is 0 Å². The molecule has 4 heteroatoms. The number of ether oxygens (including phenoxy) is 1. The summed E-state index contributed by atoms with van der Waals surface area (Å²) in [5.74, 6) is 1.08. The highest BCUT2D eigenvalue weighted by atomic mass is 16.5. The molecule has 4 nitrogen and oxygen atoms in total. The number of hydrogen-bond donors (Lipinski definition) is 2. The lowest BCUT2D eigenvalue weighted by atomic mass is 10.2. The molecule has 2 rings (SSSR count). The Bertz CT molecular complexity index is 558. The highest BCUT2D eigenvalue weighted by Gasteiger charge is 2.02. The Morgan fingerprint density at radius 1 is 1.15 bits per heavy atom. The lowest BCUT2D eigenvalue weighted by Crippen LogP contribution is -2.20. The molecule has 0 radical (unpaired) electrons. The van der Waals surface area contributed by atoms with Crippen LogP contribution in [-0.4, -0.2) is 25.3 Å². The Labute approximate surface area is 119 Å². The molecule has 0 saturated heterocycles. The summed E-state index contributed by atoms with van der Waals surface area (Å²) in [7, 11) is 2.00. The van der Waals surface area contributed by atoms with Crippen LogP contribution in [0, 0.1) is 0 Å². The lowest BCUT2D eigenvalue weighted by molar-refractivity contribution is 0.312. The molecule has 2 aromatic rings. The number of phenolic OH excluding ortho intramolecular Hbond substituents is 1. The zero-order valence-corrected chi connectivity index (χ0v) is 11.6. The summed E-state index contributed by atoms with van der Waals surface area (Å²) in [6.45, 7) is 1.48. The van der Waals surface area contributed by atoms with Crippen LogP contribution in [0.2, 0.25) is 0 Å². The van der Waals surface area contributed by atoms with Gasteiger partial charge in [-0.1, -0.05) is 12.1 Å². The maximum Gasteiger partial charge on any atom is 0.121 e. The SMILES string of the molecule is CN(CCCOc1cccc(N)c1)c1cccc(O)c1. The first-order valence-corrected chi connectivity index (χ1v) is 6.63. The van der Waals surface area contributed by atoms with Crippen molar-refractivity contribution in [3.8, 4) is 11.5 Å². The molecule has 0 heterocycles. The first-order chi connectivity index (χ1) is 9.65. The van der Waals surface area contributed by atoms with Crippen LogP contribution in [0.15, 0.2) is 48.5 Å². The van der Waals surface area contributed by atoms with Crippen LogP contribution >= 0.6 is 0 Å². The van der Waals surface area contributed by atoms with E-state index in [2.05, 4.69) is 4.90 Å². The van der Waals surface area contributed by atoms with E-state index in [-0.39, 0.29) is 5.75 Å². The largest absolute Gasteiger partial charge is 0.508 e. The van der Waals surface area contributed by atoms with Gasteiger partial charge in [0.25, 0.3) is 0 Å². The third-order valence-electron chi connectivity index (χ3n) is 3.04. The van der Waals surface area contributed by atoms with E-state index in [1.807, 2.05) is 43.4 Å². The number of hydrogen-bond acceptors (Lipinski definition) is 4. The topological polar surface area (TPSA) is 58.7 Å². The van der Waals surface area contributed by atoms with Gasteiger partial charge in [-0.3, -0.25) is 0 Å². The summed E-state index contributed by atoms with van der Waals surface area (Å²) in [6.07, 6.45) is 0.890. The molecular formula is C16H20N2O2. The quantitative estimate of drug-likeness (QED) is 0.627. The van der Waals surface area contributed by atoms with Crippen LogP contribution in [0.25, 0.3) is 0 Å². The van der Waals surface area contributed by atoms with E-state index >= 15 is 0 Å². The van der Waals surface area contributed by atoms with Gasteiger partial charge in [0.15, 0.2) is 0 Å². The van der Waals surface area contributed by atoms with Crippen molar-refractivity contribution in [3.05, 3.63) is 48.5 Å². The molecule has 0 aromatic heterocycles. The van der Waals surface area contributed by atoms with Gasteiger partial charge in [-0.25, -0.2) is 0 Å². The number of aromatic hydroxyl groups is 1. The fourth-order valence-electron chi connectivity index (χ4n) is 1.96. The average Bonchev–Trinajstić information content (AvgIpc) is 2.43. The molecule has 20 heavy (non-hydrogen) atoms. The molecule has 0 amide bonds. The number of nitrogens with two attached hydrogens (primary N) is 1. The second-order valence-electron chi connectivity index (χ2n) is 4.72. The normalized spacial score (nSPS) is 10.2. The molecule has 0 saturated carbocycles. The second kappa shape index (κ2) is 6.70. The monoisotopic (exact) mass is 272 g/mol. The van der Waals surface area contributed by atoms with Crippen molar-refractivity contribution in [1.29, 1.82) is 0 Å². The molecule has 0 spiro atoms. The number of phenols is 1. The van der Waals surface area contributed by atoms with Gasteiger partial charge in [-0.05, 0) is 30.7 Å². The maximum atomic E-state index is 9.45. The van der Waals surface area contributed by atoms with Crippen LogP contribution in [0.5, 0.6) is 11.5 Å². The number of rotatable bonds is 6. The van der Waals surface area contributed by atoms with Crippen LogP contribution in [-0.2, 0) is 0 Å². The van der Waals surface area contributed by atoms with Gasteiger partial charge in [-0.15, -0.1) is 0 Å². The summed E-state index contributed by atoms with van der Waals surface area (Å²) in [4.78, 5) is 2.09. The van der Waals surface area contributed by atoms with Crippen molar-refractivity contribution in [1.82, 2.24) is 0 Å². The first kappa shape index (κ1) is 14.1. The Hall–Kier alpha value is -2.36. The molecule has 3 N–H and O–H groups in total. The lowest BCUT2D eigenvalue weighted by Gasteiger charge is -2.19. The second-order valence-corrected chi connectivity index (χ2v) is 4.72. The van der Waals surface area contributed by atoms with E-state index in [4.69, 9.17) is 10.5 Å². The van der Waals surface area contributed by atoms with Gasteiger partial charge in [0.05, 0.1) is 6.61 Å². The van der Waals surface area contributed by atoms with Crippen molar-refractivity contribution in [2.75, 3.05) is 30.8 Å². The highest BCUT2D eigenvalue weighted by molar-refractivity contribution is 5.49. The minimum absolute atomic E-state index is 0.283. The average molecular weight is 272 g/mol. The van der Waals surface area contributed by atoms with E-state index in [9.17, 15) is 5.11 Å². The Kier molecular flexibility index (Phi) is 4.71. The Morgan fingerprint density at radius 3 is 2.70 bits per heavy atom. The number of nitrogen functional groups attached to an aromatic ring is 1. The minimum atomic E-state index is 0.283. The van der Waals surface area contributed by atoms with Crippen molar-refractivity contribution < 1.29 is 9.84 Å². The highest BCUT2D eigenvalue weighted by Crippen LogP contribution is 2.19. The molecule has 0 atom stereocenters. The van der Waals surface area contributed by atoms with Gasteiger partial charge in [0, 0.05) is 37.1 Å². The summed E-state index contributed by atoms with van der Waals surface area (Å²) < 4.78 is 5.64. The van der Waals surface area contributed by atoms with Gasteiger partial charge < -0.3 is 20.5 Å². The molecule has 0 bridgehead atoms. The van der Waals surface area contributed by atoms with E-state index in [0.29, 0.717) is 12.3 Å². The molecule has 0 aliphatic rings. The zero-order valence-electron chi connectivity index (χ0n) is 11.6. The van der Waals surface area contributed by atoms with Gasteiger partial charge in [0.2, 0.25) is 0 Å². The Morgan fingerprint density at radius 2 is 1.95 bits per heavy atom. The smallest absolute Gasteiger partial charge is 0.121 e.